The maximum absolute atomic E-state index is 5.86. The predicted octanol–water partition coefficient (Wildman–Crippen LogP) is 4.33. The van der Waals surface area contributed by atoms with Gasteiger partial charge in [0.1, 0.15) is 5.75 Å². The third kappa shape index (κ3) is 4.16. The minimum atomic E-state index is -0.0585. The molecule has 2 aromatic rings. The largest absolute Gasteiger partial charge is 0.497 e. The van der Waals surface area contributed by atoms with Crippen molar-refractivity contribution in [2.75, 3.05) is 13.7 Å². The van der Waals surface area contributed by atoms with Crippen LogP contribution in [0.15, 0.2) is 54.6 Å². The molecule has 3 rings (SSSR count). The molecule has 2 atom stereocenters. The summed E-state index contributed by atoms with van der Waals surface area (Å²) in [5, 5.41) is 3.86. The zero-order chi connectivity index (χ0) is 17.0. The molecule has 128 valence electrons. The highest BCUT2D eigenvalue weighted by atomic mass is 16.5. The molecule has 1 fully saturated rings. The maximum atomic E-state index is 5.86. The molecule has 0 bridgehead atoms. The van der Waals surface area contributed by atoms with Gasteiger partial charge in [0, 0.05) is 12.6 Å². The zero-order valence-electron chi connectivity index (χ0n) is 14.8. The number of rotatable bonds is 5. The molecule has 0 unspecified atom stereocenters. The predicted molar refractivity (Wildman–Crippen MR) is 97.5 cm³/mol. The van der Waals surface area contributed by atoms with Crippen LogP contribution in [-0.4, -0.2) is 25.4 Å². The van der Waals surface area contributed by atoms with Gasteiger partial charge < -0.3 is 14.8 Å². The van der Waals surface area contributed by atoms with Crippen molar-refractivity contribution in [3.8, 4) is 5.75 Å². The van der Waals surface area contributed by atoms with Crippen molar-refractivity contribution in [2.45, 2.75) is 44.4 Å². The van der Waals surface area contributed by atoms with Crippen molar-refractivity contribution in [2.24, 2.45) is 0 Å². The Labute approximate surface area is 145 Å². The first kappa shape index (κ1) is 17.0. The molecule has 0 aliphatic carbocycles. The molecule has 0 spiro atoms. The van der Waals surface area contributed by atoms with Gasteiger partial charge >= 0.3 is 0 Å². The van der Waals surface area contributed by atoms with Crippen LogP contribution in [0.1, 0.15) is 43.9 Å². The van der Waals surface area contributed by atoms with Crippen LogP contribution in [0.3, 0.4) is 0 Å². The molecule has 0 radical (unpaired) electrons. The van der Waals surface area contributed by atoms with E-state index in [9.17, 15) is 0 Å². The Morgan fingerprint density at radius 3 is 2.33 bits per heavy atom. The van der Waals surface area contributed by atoms with Crippen molar-refractivity contribution in [3.63, 3.8) is 0 Å². The van der Waals surface area contributed by atoms with Gasteiger partial charge in [0.15, 0.2) is 0 Å². The summed E-state index contributed by atoms with van der Waals surface area (Å²) in [4.78, 5) is 0. The van der Waals surface area contributed by atoms with E-state index >= 15 is 0 Å². The fourth-order valence-corrected chi connectivity index (χ4v) is 3.44. The number of hydrogen-bond donors (Lipinski definition) is 1. The van der Waals surface area contributed by atoms with Gasteiger partial charge in [-0.1, -0.05) is 42.5 Å². The minimum Gasteiger partial charge on any atom is -0.497 e. The normalized spacial score (nSPS) is 21.2. The Hall–Kier alpha value is -1.84. The number of methoxy groups -OCH3 is 1. The molecule has 1 saturated heterocycles. The van der Waals surface area contributed by atoms with Crippen molar-refractivity contribution in [1.82, 2.24) is 5.32 Å². The number of ether oxygens (including phenoxy) is 2. The zero-order valence-corrected chi connectivity index (χ0v) is 14.8. The van der Waals surface area contributed by atoms with E-state index in [4.69, 9.17) is 9.47 Å². The molecule has 1 N–H and O–H groups in total. The summed E-state index contributed by atoms with van der Waals surface area (Å²) in [5.74, 6) is 0.887. The topological polar surface area (TPSA) is 30.5 Å². The first-order valence-corrected chi connectivity index (χ1v) is 8.66. The lowest BCUT2D eigenvalue weighted by Gasteiger charge is -2.38. The van der Waals surface area contributed by atoms with E-state index in [0.717, 1.165) is 25.2 Å². The first-order chi connectivity index (χ1) is 11.6. The molecule has 3 nitrogen and oxygen atoms in total. The van der Waals surface area contributed by atoms with Gasteiger partial charge in [-0.05, 0) is 49.9 Å². The Morgan fingerprint density at radius 2 is 1.71 bits per heavy atom. The summed E-state index contributed by atoms with van der Waals surface area (Å²) in [6, 6.07) is 19.6. The van der Waals surface area contributed by atoms with Crippen LogP contribution in [0, 0.1) is 0 Å². The second-order valence-corrected chi connectivity index (χ2v) is 7.08. The Balaban J connectivity index is 1.85. The van der Waals surface area contributed by atoms with Gasteiger partial charge in [0.2, 0.25) is 0 Å². The number of nitrogens with one attached hydrogen (secondary N) is 1. The van der Waals surface area contributed by atoms with E-state index in [1.165, 1.54) is 11.1 Å². The lowest BCUT2D eigenvalue weighted by Crippen LogP contribution is -2.45. The third-order valence-electron chi connectivity index (χ3n) is 4.68. The summed E-state index contributed by atoms with van der Waals surface area (Å²) in [6.45, 7) is 5.16. The molecule has 0 amide bonds. The van der Waals surface area contributed by atoms with Crippen molar-refractivity contribution >= 4 is 0 Å². The van der Waals surface area contributed by atoms with Crippen molar-refractivity contribution in [3.05, 3.63) is 65.7 Å². The van der Waals surface area contributed by atoms with Gasteiger partial charge in [0.05, 0.1) is 18.8 Å². The van der Waals surface area contributed by atoms with Gasteiger partial charge in [0.25, 0.3) is 0 Å². The molecule has 3 heteroatoms. The fourth-order valence-electron chi connectivity index (χ4n) is 3.44. The van der Waals surface area contributed by atoms with E-state index in [0.29, 0.717) is 6.04 Å². The molecular formula is C21H27NO2. The smallest absolute Gasteiger partial charge is 0.118 e. The first-order valence-electron chi connectivity index (χ1n) is 8.66. The molecule has 2 aromatic carbocycles. The quantitative estimate of drug-likeness (QED) is 0.887. The van der Waals surface area contributed by atoms with E-state index in [2.05, 4.69) is 61.6 Å². The van der Waals surface area contributed by atoms with Gasteiger partial charge in [-0.25, -0.2) is 0 Å². The highest BCUT2D eigenvalue weighted by molar-refractivity contribution is 5.35. The van der Waals surface area contributed by atoms with Crippen molar-refractivity contribution < 1.29 is 9.47 Å². The van der Waals surface area contributed by atoms with Gasteiger partial charge in [-0.15, -0.1) is 0 Å². The van der Waals surface area contributed by atoms with Crippen LogP contribution in [0.25, 0.3) is 0 Å². The monoisotopic (exact) mass is 325 g/mol. The van der Waals surface area contributed by atoms with E-state index in [1.807, 2.05) is 12.1 Å². The average molecular weight is 325 g/mol. The second kappa shape index (κ2) is 7.37. The van der Waals surface area contributed by atoms with E-state index in [-0.39, 0.29) is 11.6 Å². The SMILES string of the molecule is COc1ccc([C@@H](N[C@H]2CCOC(C)(C)C2)c2ccccc2)cc1. The molecule has 0 aromatic heterocycles. The lowest BCUT2D eigenvalue weighted by molar-refractivity contribution is -0.0637. The van der Waals surface area contributed by atoms with Crippen LogP contribution < -0.4 is 10.1 Å². The average Bonchev–Trinajstić information content (AvgIpc) is 2.60. The highest BCUT2D eigenvalue weighted by Gasteiger charge is 2.30. The summed E-state index contributed by atoms with van der Waals surface area (Å²) < 4.78 is 11.2. The van der Waals surface area contributed by atoms with Crippen LogP contribution in [0.4, 0.5) is 0 Å². The standard InChI is InChI=1S/C21H27NO2/c1-21(2)15-18(13-14-24-21)22-20(16-7-5-4-6-8-16)17-9-11-19(23-3)12-10-17/h4-12,18,20,22H,13-15H2,1-3H3/t18-,20-/m0/s1. The van der Waals surface area contributed by atoms with Crippen LogP contribution in [0.2, 0.25) is 0 Å². The Bertz CT molecular complexity index is 637. The molecule has 1 heterocycles. The second-order valence-electron chi connectivity index (χ2n) is 7.08. The third-order valence-corrected chi connectivity index (χ3v) is 4.68. The van der Waals surface area contributed by atoms with Crippen LogP contribution in [-0.2, 0) is 4.74 Å². The highest BCUT2D eigenvalue weighted by Crippen LogP contribution is 2.29. The molecule has 24 heavy (non-hydrogen) atoms. The minimum absolute atomic E-state index is 0.0585. The molecule has 1 aliphatic heterocycles. The Morgan fingerprint density at radius 1 is 1.04 bits per heavy atom. The summed E-state index contributed by atoms with van der Waals surface area (Å²) in [7, 11) is 1.70. The summed E-state index contributed by atoms with van der Waals surface area (Å²) >= 11 is 0. The van der Waals surface area contributed by atoms with E-state index < -0.39 is 0 Å². The summed E-state index contributed by atoms with van der Waals surface area (Å²) in [6.07, 6.45) is 2.06. The Kier molecular flexibility index (Phi) is 5.22. The van der Waals surface area contributed by atoms with Crippen LogP contribution >= 0.6 is 0 Å². The molecule has 0 saturated carbocycles. The van der Waals surface area contributed by atoms with Crippen LogP contribution in [0.5, 0.6) is 5.75 Å². The van der Waals surface area contributed by atoms with Gasteiger partial charge in [-0.2, -0.15) is 0 Å². The van der Waals surface area contributed by atoms with E-state index in [1.54, 1.807) is 7.11 Å². The lowest BCUT2D eigenvalue weighted by atomic mass is 9.91. The fraction of sp³-hybridized carbons (Fsp3) is 0.429. The summed E-state index contributed by atoms with van der Waals surface area (Å²) in [5.41, 5.74) is 2.48. The maximum Gasteiger partial charge on any atom is 0.118 e. The van der Waals surface area contributed by atoms with Gasteiger partial charge in [-0.3, -0.25) is 0 Å². The number of hydrogen-bond acceptors (Lipinski definition) is 3. The molecular weight excluding hydrogens is 298 g/mol. The van der Waals surface area contributed by atoms with Crippen molar-refractivity contribution in [1.29, 1.82) is 0 Å². The molecule has 1 aliphatic rings. The number of benzene rings is 2.